The Morgan fingerprint density at radius 3 is 2.79 bits per heavy atom. The van der Waals surface area contributed by atoms with E-state index in [0.29, 0.717) is 0 Å². The normalized spacial score (nSPS) is 11.1. The summed E-state index contributed by atoms with van der Waals surface area (Å²) in [5.74, 6) is 1.12. The summed E-state index contributed by atoms with van der Waals surface area (Å²) in [4.78, 5) is 4.42. The highest BCUT2D eigenvalue weighted by Crippen LogP contribution is 2.09. The van der Waals surface area contributed by atoms with E-state index in [2.05, 4.69) is 28.7 Å². The number of hydrogen-bond donors (Lipinski definition) is 1. The van der Waals surface area contributed by atoms with Crippen LogP contribution in [0.15, 0.2) is 6.20 Å². The van der Waals surface area contributed by atoms with Crippen LogP contribution in [0.25, 0.3) is 0 Å². The molecule has 1 aromatic heterocycles. The molecule has 0 atom stereocenters. The fraction of sp³-hybridized carbons (Fsp3) is 0.800. The predicted octanol–water partition coefficient (Wildman–Crippen LogP) is 2.90. The molecule has 0 radical (unpaired) electrons. The van der Waals surface area contributed by atoms with Crippen LogP contribution in [0.3, 0.4) is 0 Å². The molecule has 110 valence electrons. The third kappa shape index (κ3) is 6.21. The number of ether oxygens (including phenoxy) is 1. The van der Waals surface area contributed by atoms with Crippen molar-refractivity contribution in [3.63, 3.8) is 0 Å². The lowest BCUT2D eigenvalue weighted by Crippen LogP contribution is -2.20. The molecule has 4 heteroatoms. The molecule has 1 heterocycles. The molecule has 0 amide bonds. The summed E-state index contributed by atoms with van der Waals surface area (Å²) in [5, 5.41) is 3.38. The molecule has 0 aliphatic carbocycles. The van der Waals surface area contributed by atoms with Crippen molar-refractivity contribution in [2.75, 3.05) is 20.3 Å². The molecule has 0 aliphatic rings. The highest BCUT2D eigenvalue weighted by Gasteiger charge is 2.05. The molecule has 1 aromatic rings. The van der Waals surface area contributed by atoms with Crippen LogP contribution in [-0.2, 0) is 17.8 Å². The Morgan fingerprint density at radius 2 is 2.05 bits per heavy atom. The van der Waals surface area contributed by atoms with Gasteiger partial charge < -0.3 is 14.6 Å². The van der Waals surface area contributed by atoms with Gasteiger partial charge in [-0.2, -0.15) is 0 Å². The Morgan fingerprint density at radius 1 is 1.26 bits per heavy atom. The number of nitrogens with one attached hydrogen (secondary N) is 1. The number of nitrogens with zero attached hydrogens (tertiary/aromatic N) is 2. The maximum absolute atomic E-state index is 5.03. The van der Waals surface area contributed by atoms with E-state index in [9.17, 15) is 0 Å². The highest BCUT2D eigenvalue weighted by atomic mass is 16.5. The SMILES string of the molecule is CCCCCCCn1c(CNCCOC)cnc1C. The number of unbranched alkanes of at least 4 members (excludes halogenated alkanes) is 4. The number of aromatic nitrogens is 2. The quantitative estimate of drug-likeness (QED) is 0.627. The van der Waals surface area contributed by atoms with Gasteiger partial charge in [0.15, 0.2) is 0 Å². The van der Waals surface area contributed by atoms with Gasteiger partial charge in [0, 0.05) is 32.9 Å². The number of rotatable bonds is 11. The van der Waals surface area contributed by atoms with Gasteiger partial charge in [-0.25, -0.2) is 4.98 Å². The van der Waals surface area contributed by atoms with Gasteiger partial charge in [0.05, 0.1) is 12.3 Å². The highest BCUT2D eigenvalue weighted by molar-refractivity contribution is 5.04. The van der Waals surface area contributed by atoms with Crippen LogP contribution < -0.4 is 5.32 Å². The second-order valence-corrected chi connectivity index (χ2v) is 5.03. The lowest BCUT2D eigenvalue weighted by molar-refractivity contribution is 0.199. The van der Waals surface area contributed by atoms with Crippen molar-refractivity contribution in [2.24, 2.45) is 0 Å². The average Bonchev–Trinajstić information content (AvgIpc) is 2.76. The van der Waals surface area contributed by atoms with Gasteiger partial charge in [-0.05, 0) is 13.3 Å². The Balaban J connectivity index is 2.32. The first kappa shape index (κ1) is 16.2. The smallest absolute Gasteiger partial charge is 0.105 e. The molecule has 4 nitrogen and oxygen atoms in total. The van der Waals surface area contributed by atoms with E-state index in [1.807, 2.05) is 6.20 Å². The lowest BCUT2D eigenvalue weighted by Gasteiger charge is -2.11. The second kappa shape index (κ2) is 9.98. The van der Waals surface area contributed by atoms with Crippen molar-refractivity contribution >= 4 is 0 Å². The molecule has 19 heavy (non-hydrogen) atoms. The molecular weight excluding hydrogens is 238 g/mol. The summed E-state index contributed by atoms with van der Waals surface area (Å²) < 4.78 is 7.37. The van der Waals surface area contributed by atoms with Gasteiger partial charge in [0.1, 0.15) is 5.82 Å². The first-order valence-corrected chi connectivity index (χ1v) is 7.50. The van der Waals surface area contributed by atoms with Crippen molar-refractivity contribution in [2.45, 2.75) is 59.0 Å². The van der Waals surface area contributed by atoms with Crippen molar-refractivity contribution in [1.82, 2.24) is 14.9 Å². The summed E-state index contributed by atoms with van der Waals surface area (Å²) in [6.45, 7) is 7.95. The van der Waals surface area contributed by atoms with Crippen LogP contribution in [0.2, 0.25) is 0 Å². The van der Waals surface area contributed by atoms with E-state index in [4.69, 9.17) is 4.74 Å². The van der Waals surface area contributed by atoms with E-state index in [1.54, 1.807) is 7.11 Å². The zero-order chi connectivity index (χ0) is 13.9. The third-order valence-corrected chi connectivity index (χ3v) is 3.41. The van der Waals surface area contributed by atoms with Gasteiger partial charge >= 0.3 is 0 Å². The summed E-state index contributed by atoms with van der Waals surface area (Å²) in [6.07, 6.45) is 8.57. The van der Waals surface area contributed by atoms with Crippen LogP contribution in [0.5, 0.6) is 0 Å². The molecule has 0 bridgehead atoms. The Kier molecular flexibility index (Phi) is 8.50. The zero-order valence-corrected chi connectivity index (χ0v) is 12.7. The van der Waals surface area contributed by atoms with Crippen LogP contribution in [0.4, 0.5) is 0 Å². The Labute approximate surface area is 117 Å². The summed E-state index contributed by atoms with van der Waals surface area (Å²) in [6, 6.07) is 0. The topological polar surface area (TPSA) is 39.1 Å². The fourth-order valence-corrected chi connectivity index (χ4v) is 2.23. The first-order valence-electron chi connectivity index (χ1n) is 7.50. The van der Waals surface area contributed by atoms with Crippen molar-refractivity contribution in [3.05, 3.63) is 17.7 Å². The summed E-state index contributed by atoms with van der Waals surface area (Å²) in [7, 11) is 1.73. The molecule has 0 aliphatic heterocycles. The third-order valence-electron chi connectivity index (χ3n) is 3.41. The second-order valence-electron chi connectivity index (χ2n) is 5.03. The fourth-order valence-electron chi connectivity index (χ4n) is 2.23. The summed E-state index contributed by atoms with van der Waals surface area (Å²) >= 11 is 0. The van der Waals surface area contributed by atoms with Gasteiger partial charge in [0.2, 0.25) is 0 Å². The number of aryl methyl sites for hydroxylation is 1. The van der Waals surface area contributed by atoms with Gasteiger partial charge in [-0.3, -0.25) is 0 Å². The van der Waals surface area contributed by atoms with E-state index in [1.165, 1.54) is 37.8 Å². The molecule has 0 spiro atoms. The minimum atomic E-state index is 0.754. The van der Waals surface area contributed by atoms with Gasteiger partial charge in [-0.15, -0.1) is 0 Å². The Hall–Kier alpha value is -0.870. The van der Waals surface area contributed by atoms with E-state index in [-0.39, 0.29) is 0 Å². The van der Waals surface area contributed by atoms with Crippen molar-refractivity contribution in [3.8, 4) is 0 Å². The average molecular weight is 267 g/mol. The minimum absolute atomic E-state index is 0.754. The molecule has 0 saturated carbocycles. The number of imidazole rings is 1. The van der Waals surface area contributed by atoms with E-state index < -0.39 is 0 Å². The Bertz CT molecular complexity index is 336. The van der Waals surface area contributed by atoms with Crippen LogP contribution in [-0.4, -0.2) is 29.8 Å². The van der Waals surface area contributed by atoms with E-state index >= 15 is 0 Å². The molecule has 0 aromatic carbocycles. The maximum Gasteiger partial charge on any atom is 0.105 e. The van der Waals surface area contributed by atoms with Gasteiger partial charge in [0.25, 0.3) is 0 Å². The first-order chi connectivity index (χ1) is 9.29. The monoisotopic (exact) mass is 267 g/mol. The molecule has 1 rings (SSSR count). The molecule has 1 N–H and O–H groups in total. The molecule has 0 saturated heterocycles. The number of methoxy groups -OCH3 is 1. The molecule has 0 fully saturated rings. The minimum Gasteiger partial charge on any atom is -0.383 e. The summed E-state index contributed by atoms with van der Waals surface area (Å²) in [5.41, 5.74) is 1.28. The largest absolute Gasteiger partial charge is 0.383 e. The number of hydrogen-bond acceptors (Lipinski definition) is 3. The van der Waals surface area contributed by atoms with Crippen molar-refractivity contribution in [1.29, 1.82) is 0 Å². The van der Waals surface area contributed by atoms with E-state index in [0.717, 1.165) is 32.1 Å². The lowest BCUT2D eigenvalue weighted by atomic mass is 10.1. The van der Waals surface area contributed by atoms with Crippen LogP contribution >= 0.6 is 0 Å². The van der Waals surface area contributed by atoms with Crippen molar-refractivity contribution < 1.29 is 4.74 Å². The van der Waals surface area contributed by atoms with Gasteiger partial charge in [-0.1, -0.05) is 32.6 Å². The van der Waals surface area contributed by atoms with Crippen LogP contribution in [0, 0.1) is 6.92 Å². The molecule has 0 unspecified atom stereocenters. The predicted molar refractivity (Wildman–Crippen MR) is 79.3 cm³/mol. The standard InChI is InChI=1S/C15H29N3O/c1-4-5-6-7-8-10-18-14(2)17-13-15(18)12-16-9-11-19-3/h13,16H,4-12H2,1-3H3. The molecular formula is C15H29N3O. The van der Waals surface area contributed by atoms with Crippen LogP contribution in [0.1, 0.15) is 50.5 Å². The zero-order valence-electron chi connectivity index (χ0n) is 12.7. The maximum atomic E-state index is 5.03.